The molecule has 1 saturated heterocycles. The summed E-state index contributed by atoms with van der Waals surface area (Å²) < 4.78 is 16.5. The number of carbonyl (C=O) groups is 2. The predicted octanol–water partition coefficient (Wildman–Crippen LogP) is 5.72. The van der Waals surface area contributed by atoms with Crippen molar-refractivity contribution in [2.75, 3.05) is 0 Å². The molecule has 2 aliphatic rings. The molecule has 1 aromatic heterocycles. The second-order valence-corrected chi connectivity index (χ2v) is 10.8. The van der Waals surface area contributed by atoms with E-state index < -0.39 is 11.8 Å². The minimum atomic E-state index is -0.887. The van der Waals surface area contributed by atoms with Crippen molar-refractivity contribution in [3.8, 4) is 0 Å². The van der Waals surface area contributed by atoms with Crippen LogP contribution >= 0.6 is 0 Å². The minimum absolute atomic E-state index is 0.0291. The summed E-state index contributed by atoms with van der Waals surface area (Å²) in [6.07, 6.45) is 2.29. The van der Waals surface area contributed by atoms with Gasteiger partial charge in [0.15, 0.2) is 0 Å². The molecule has 3 atom stereocenters. The third-order valence-electron chi connectivity index (χ3n) is 8.51. The number of hydrogen-bond donors (Lipinski definition) is 1. The molecule has 3 heterocycles. The van der Waals surface area contributed by atoms with Crippen LogP contribution in [0.5, 0.6) is 0 Å². The van der Waals surface area contributed by atoms with Gasteiger partial charge in [-0.05, 0) is 86.1 Å². The molecule has 0 unspecified atom stereocenters. The topological polar surface area (TPSA) is 88.3 Å². The van der Waals surface area contributed by atoms with Gasteiger partial charge in [-0.2, -0.15) is 0 Å². The van der Waals surface area contributed by atoms with Crippen molar-refractivity contribution in [2.24, 2.45) is 0 Å². The van der Waals surface area contributed by atoms with Crippen LogP contribution in [0.4, 0.5) is 4.39 Å². The van der Waals surface area contributed by atoms with Crippen molar-refractivity contribution < 1.29 is 19.1 Å². The molecule has 0 radical (unpaired) electrons. The molecule has 39 heavy (non-hydrogen) atoms. The maximum atomic E-state index is 14.7. The Labute approximate surface area is 226 Å². The van der Waals surface area contributed by atoms with Crippen LogP contribution in [0.3, 0.4) is 0 Å². The van der Waals surface area contributed by atoms with E-state index in [1.807, 2.05) is 48.6 Å². The number of aryl methyl sites for hydroxylation is 3. The van der Waals surface area contributed by atoms with Crippen LogP contribution in [-0.2, 0) is 17.8 Å². The molecule has 1 fully saturated rings. The summed E-state index contributed by atoms with van der Waals surface area (Å²) in [6.45, 7) is 6.53. The molecule has 0 spiro atoms. The number of benzene rings is 3. The van der Waals surface area contributed by atoms with Crippen LogP contribution in [0.1, 0.15) is 81.9 Å². The maximum absolute atomic E-state index is 14.7. The molecule has 0 saturated carbocycles. The van der Waals surface area contributed by atoms with Crippen LogP contribution in [-0.4, -0.2) is 42.9 Å². The zero-order valence-electron chi connectivity index (χ0n) is 22.3. The highest BCUT2D eigenvalue weighted by Gasteiger charge is 2.43. The number of halogens is 1. The van der Waals surface area contributed by atoms with Crippen molar-refractivity contribution in [3.05, 3.63) is 93.3 Å². The van der Waals surface area contributed by atoms with E-state index in [1.54, 1.807) is 12.1 Å². The summed E-state index contributed by atoms with van der Waals surface area (Å²) in [5.74, 6) is -2.05. The Hall–Kier alpha value is -4.07. The fourth-order valence-corrected chi connectivity index (χ4v) is 6.59. The number of amides is 1. The molecule has 4 aromatic rings. The highest BCUT2D eigenvalue weighted by Crippen LogP contribution is 2.46. The lowest BCUT2D eigenvalue weighted by atomic mass is 9.82. The normalized spacial score (nSPS) is 18.8. The second-order valence-electron chi connectivity index (χ2n) is 10.8. The van der Waals surface area contributed by atoms with E-state index in [2.05, 4.69) is 22.4 Å². The highest BCUT2D eigenvalue weighted by atomic mass is 19.1. The average molecular weight is 527 g/mol. The van der Waals surface area contributed by atoms with Crippen LogP contribution < -0.4 is 0 Å². The molecule has 2 bridgehead atoms. The van der Waals surface area contributed by atoms with Gasteiger partial charge in [0.2, 0.25) is 0 Å². The van der Waals surface area contributed by atoms with E-state index >= 15 is 0 Å². The Morgan fingerprint density at radius 2 is 1.92 bits per heavy atom. The number of rotatable bonds is 6. The van der Waals surface area contributed by atoms with Gasteiger partial charge in [0.25, 0.3) is 5.91 Å². The lowest BCUT2D eigenvalue weighted by Gasteiger charge is -2.37. The van der Waals surface area contributed by atoms with Crippen molar-refractivity contribution in [3.63, 3.8) is 0 Å². The van der Waals surface area contributed by atoms with Crippen LogP contribution in [0.2, 0.25) is 0 Å². The van der Waals surface area contributed by atoms with Crippen molar-refractivity contribution in [1.82, 2.24) is 19.9 Å². The zero-order valence-corrected chi connectivity index (χ0v) is 22.3. The Morgan fingerprint density at radius 1 is 1.10 bits per heavy atom. The van der Waals surface area contributed by atoms with Gasteiger partial charge in [0.05, 0.1) is 23.5 Å². The summed E-state index contributed by atoms with van der Waals surface area (Å²) in [4.78, 5) is 27.5. The first kappa shape index (κ1) is 25.2. The molecule has 3 aromatic carbocycles. The van der Waals surface area contributed by atoms with E-state index in [4.69, 9.17) is 0 Å². The highest BCUT2D eigenvalue weighted by molar-refractivity contribution is 5.95. The quantitative estimate of drug-likeness (QED) is 0.347. The Kier molecular flexibility index (Phi) is 6.20. The van der Waals surface area contributed by atoms with Crippen LogP contribution in [0.15, 0.2) is 48.5 Å². The number of aromatic nitrogens is 3. The van der Waals surface area contributed by atoms with Gasteiger partial charge in [-0.1, -0.05) is 41.1 Å². The molecular formula is C31H31FN4O3. The third kappa shape index (κ3) is 4.18. The molecule has 2 aliphatic heterocycles. The summed E-state index contributed by atoms with van der Waals surface area (Å²) >= 11 is 0. The molecule has 6 rings (SSSR count). The molecule has 8 heteroatoms. The SMILES string of the molecule is CCn1nnc2c(C)c([C@@H](CC(=O)O)c3ccc4c(c3)[C@H]3CC[C@@H](C4)N3C(=O)c3cc(C)ccc3F)ccc21. The monoisotopic (exact) mass is 526 g/mol. The fraction of sp³-hybridized carbons (Fsp3) is 0.355. The molecule has 200 valence electrons. The van der Waals surface area contributed by atoms with Crippen LogP contribution in [0.25, 0.3) is 11.0 Å². The van der Waals surface area contributed by atoms with Gasteiger partial charge in [-0.25, -0.2) is 9.07 Å². The number of hydrogen-bond acceptors (Lipinski definition) is 4. The van der Waals surface area contributed by atoms with Gasteiger partial charge < -0.3 is 10.0 Å². The minimum Gasteiger partial charge on any atom is -0.481 e. The average Bonchev–Trinajstić information content (AvgIpc) is 3.49. The molecule has 0 aliphatic carbocycles. The van der Waals surface area contributed by atoms with Crippen molar-refractivity contribution >= 4 is 22.9 Å². The fourth-order valence-electron chi connectivity index (χ4n) is 6.59. The molecule has 1 amide bonds. The first-order valence-electron chi connectivity index (χ1n) is 13.5. The summed E-state index contributed by atoms with van der Waals surface area (Å²) in [5, 5.41) is 18.5. The lowest BCUT2D eigenvalue weighted by Crippen LogP contribution is -2.42. The van der Waals surface area contributed by atoms with E-state index in [-0.39, 0.29) is 35.9 Å². The first-order valence-corrected chi connectivity index (χ1v) is 13.5. The number of carboxylic acids is 1. The summed E-state index contributed by atoms with van der Waals surface area (Å²) in [6, 6.07) is 14.7. The Balaban J connectivity index is 1.41. The third-order valence-corrected chi connectivity index (χ3v) is 8.51. The lowest BCUT2D eigenvalue weighted by molar-refractivity contribution is -0.137. The largest absolute Gasteiger partial charge is 0.481 e. The van der Waals surface area contributed by atoms with E-state index in [0.717, 1.165) is 51.7 Å². The molecule has 1 N–H and O–H groups in total. The van der Waals surface area contributed by atoms with E-state index in [1.165, 1.54) is 11.6 Å². The summed E-state index contributed by atoms with van der Waals surface area (Å²) in [5.41, 5.74) is 7.58. The first-order chi connectivity index (χ1) is 18.8. The molecule has 7 nitrogen and oxygen atoms in total. The number of carbonyl (C=O) groups excluding carboxylic acids is 1. The smallest absolute Gasteiger partial charge is 0.304 e. The predicted molar refractivity (Wildman–Crippen MR) is 145 cm³/mol. The number of nitrogens with zero attached hydrogens (tertiary/aromatic N) is 4. The van der Waals surface area contributed by atoms with Gasteiger partial charge in [-0.15, -0.1) is 5.10 Å². The zero-order chi connectivity index (χ0) is 27.4. The summed E-state index contributed by atoms with van der Waals surface area (Å²) in [7, 11) is 0. The second kappa shape index (κ2) is 9.59. The van der Waals surface area contributed by atoms with E-state index in [0.29, 0.717) is 13.0 Å². The Morgan fingerprint density at radius 3 is 2.69 bits per heavy atom. The van der Waals surface area contributed by atoms with Crippen LogP contribution in [0, 0.1) is 19.7 Å². The van der Waals surface area contributed by atoms with Gasteiger partial charge >= 0.3 is 5.97 Å². The number of carboxylic acid groups (broad SMARTS) is 1. The van der Waals surface area contributed by atoms with E-state index in [9.17, 15) is 19.1 Å². The Bertz CT molecular complexity index is 1630. The number of aliphatic carboxylic acids is 1. The van der Waals surface area contributed by atoms with Gasteiger partial charge in [-0.3, -0.25) is 9.59 Å². The maximum Gasteiger partial charge on any atom is 0.304 e. The van der Waals surface area contributed by atoms with Crippen molar-refractivity contribution in [2.45, 2.75) is 71.0 Å². The molecular weight excluding hydrogens is 495 g/mol. The van der Waals surface area contributed by atoms with Gasteiger partial charge in [0, 0.05) is 18.5 Å². The van der Waals surface area contributed by atoms with Crippen molar-refractivity contribution in [1.29, 1.82) is 0 Å². The standard InChI is InChI=1S/C31H31FN4O3/c1-4-35-28-12-9-22(18(3)30(28)33-34-35)23(16-29(37)38)20-7-6-19-14-21-8-11-27(24(19)15-20)36(21)31(39)25-13-17(2)5-10-26(25)32/h5-7,9-10,12-13,15,21,23,27H,4,8,11,14,16H2,1-3H3,(H,37,38)/t21-,23-,27+/m0/s1. The van der Waals surface area contributed by atoms with Gasteiger partial charge in [0.1, 0.15) is 11.3 Å². The number of fused-ring (bicyclic) bond motifs is 5.